The number of hydrogen-bond acceptors (Lipinski definition) is 2. The minimum Gasteiger partial charge on any atom is -1.00 e. The van der Waals surface area contributed by atoms with Gasteiger partial charge in [-0.15, -0.1) is 9.24 Å². The van der Waals surface area contributed by atoms with Gasteiger partial charge in [-0.2, -0.15) is 0 Å². The van der Waals surface area contributed by atoms with Gasteiger partial charge in [0.05, 0.1) is 0 Å². The van der Waals surface area contributed by atoms with Gasteiger partial charge in [0.15, 0.2) is 0 Å². The Kier molecular flexibility index (Phi) is 18.3. The minimum absolute atomic E-state index is 0. The molecule has 0 aliphatic heterocycles. The fourth-order valence-electron chi connectivity index (χ4n) is 0.618. The van der Waals surface area contributed by atoms with Crippen LogP contribution in [-0.2, 0) is 11.1 Å². The Labute approximate surface area is 154 Å². The van der Waals surface area contributed by atoms with Crippen LogP contribution in [0.2, 0.25) is 0 Å². The monoisotopic (exact) mass is 245 g/mol. The molecule has 0 aromatic heterocycles. The SMILES string of the molecule is O=S([O-])c1cccc(P)c1.[H-].[H-].[H-].[Na+].[Na+].[Na+]. The van der Waals surface area contributed by atoms with Gasteiger partial charge in [0.25, 0.3) is 0 Å². The molecule has 2 nitrogen and oxygen atoms in total. The van der Waals surface area contributed by atoms with Crippen molar-refractivity contribution < 1.29 is 102 Å². The average Bonchev–Trinajstić information content (AvgIpc) is 1.88. The van der Waals surface area contributed by atoms with Crippen molar-refractivity contribution in [2.75, 3.05) is 0 Å². The van der Waals surface area contributed by atoms with Gasteiger partial charge in [0, 0.05) is 4.90 Å². The molecule has 0 aliphatic rings. The second-order valence-corrected chi connectivity index (χ2v) is 3.41. The second-order valence-electron chi connectivity index (χ2n) is 1.81. The van der Waals surface area contributed by atoms with Gasteiger partial charge in [0.2, 0.25) is 0 Å². The van der Waals surface area contributed by atoms with Gasteiger partial charge in [-0.3, -0.25) is 4.21 Å². The molecule has 1 rings (SSSR count). The summed E-state index contributed by atoms with van der Waals surface area (Å²) in [4.78, 5) is 0.326. The maximum absolute atomic E-state index is 10.3. The van der Waals surface area contributed by atoms with Crippen molar-refractivity contribution in [2.24, 2.45) is 0 Å². The minimum atomic E-state index is -2.10. The average molecular weight is 245 g/mol. The van der Waals surface area contributed by atoms with Gasteiger partial charge < -0.3 is 8.83 Å². The third kappa shape index (κ3) is 8.56. The summed E-state index contributed by atoms with van der Waals surface area (Å²) >= 11 is -2.10. The van der Waals surface area contributed by atoms with Gasteiger partial charge in [-0.1, -0.05) is 12.1 Å². The van der Waals surface area contributed by atoms with Gasteiger partial charge in [-0.25, -0.2) is 0 Å². The standard InChI is InChI=1S/C6H7O2PS.3Na.3H/c7-10(8)6-3-1-2-5(9)4-6;;;;;;/h1-4H,9H2,(H,7,8);;;;;;/q;3*+1;3*-1/p-1. The van der Waals surface area contributed by atoms with E-state index < -0.39 is 11.1 Å². The van der Waals surface area contributed by atoms with Gasteiger partial charge >= 0.3 is 88.7 Å². The summed E-state index contributed by atoms with van der Waals surface area (Å²) in [7, 11) is 2.44. The quantitative estimate of drug-likeness (QED) is 0.280. The van der Waals surface area contributed by atoms with Crippen LogP contribution in [0.1, 0.15) is 4.28 Å². The Morgan fingerprint density at radius 1 is 1.31 bits per heavy atom. The van der Waals surface area contributed by atoms with E-state index in [1.54, 1.807) is 18.2 Å². The van der Waals surface area contributed by atoms with Crippen LogP contribution in [0.3, 0.4) is 0 Å². The van der Waals surface area contributed by atoms with Crippen LogP contribution < -0.4 is 94.0 Å². The Morgan fingerprint density at radius 3 is 2.15 bits per heavy atom. The van der Waals surface area contributed by atoms with E-state index >= 15 is 0 Å². The van der Waals surface area contributed by atoms with Crippen molar-refractivity contribution in [1.29, 1.82) is 0 Å². The van der Waals surface area contributed by atoms with Crippen LogP contribution in [0.4, 0.5) is 0 Å². The van der Waals surface area contributed by atoms with E-state index in [1.807, 2.05) is 6.07 Å². The molecule has 0 N–H and O–H groups in total. The first kappa shape index (κ1) is 21.1. The third-order valence-corrected chi connectivity index (χ3v) is 2.05. The Balaban J connectivity index is -0.0000000417. The molecule has 0 saturated heterocycles. The van der Waals surface area contributed by atoms with E-state index in [9.17, 15) is 8.76 Å². The molecule has 13 heavy (non-hydrogen) atoms. The fraction of sp³-hybridized carbons (Fsp3) is 0. The van der Waals surface area contributed by atoms with Crippen LogP contribution in [0.15, 0.2) is 29.2 Å². The molecule has 1 aromatic rings. The Bertz CT molecular complexity index is 283. The molecule has 0 aliphatic carbocycles. The number of benzene rings is 1. The predicted octanol–water partition coefficient (Wildman–Crippen LogP) is -8.23. The summed E-state index contributed by atoms with van der Waals surface area (Å²) in [5.74, 6) is 0. The molecule has 2 unspecified atom stereocenters. The zero-order valence-electron chi connectivity index (χ0n) is 11.1. The van der Waals surface area contributed by atoms with Crippen LogP contribution in [0.25, 0.3) is 0 Å². The summed E-state index contributed by atoms with van der Waals surface area (Å²) in [5.41, 5.74) is 0. The normalized spacial score (nSPS) is 10.0. The zero-order valence-corrected chi connectivity index (χ0v) is 16.1. The van der Waals surface area contributed by atoms with Crippen LogP contribution in [-0.4, -0.2) is 8.76 Å². The molecular formula is C6H9Na3O2PS-. The molecule has 2 atom stereocenters. The first-order chi connectivity index (χ1) is 4.70. The number of rotatable bonds is 1. The molecule has 0 amide bonds. The molecular weight excluding hydrogens is 236 g/mol. The molecule has 0 saturated carbocycles. The van der Waals surface area contributed by atoms with Crippen molar-refractivity contribution in [3.8, 4) is 0 Å². The molecule has 7 heteroatoms. The molecule has 0 bridgehead atoms. The summed E-state index contributed by atoms with van der Waals surface area (Å²) in [6, 6.07) is 6.67. The maximum Gasteiger partial charge on any atom is 1.00 e. The van der Waals surface area contributed by atoms with E-state index in [2.05, 4.69) is 9.24 Å². The molecule has 0 fully saturated rings. The molecule has 60 valence electrons. The van der Waals surface area contributed by atoms with Crippen molar-refractivity contribution in [3.05, 3.63) is 24.3 Å². The maximum atomic E-state index is 10.3. The van der Waals surface area contributed by atoms with Crippen molar-refractivity contribution >= 4 is 25.6 Å². The van der Waals surface area contributed by atoms with E-state index in [4.69, 9.17) is 0 Å². The van der Waals surface area contributed by atoms with E-state index in [0.717, 1.165) is 5.30 Å². The van der Waals surface area contributed by atoms with Crippen molar-refractivity contribution in [1.82, 2.24) is 0 Å². The largest absolute Gasteiger partial charge is 1.00 e. The topological polar surface area (TPSA) is 40.1 Å². The van der Waals surface area contributed by atoms with Gasteiger partial charge in [-0.05, 0) is 28.5 Å². The van der Waals surface area contributed by atoms with Crippen LogP contribution >= 0.6 is 9.24 Å². The fourth-order valence-corrected chi connectivity index (χ4v) is 1.45. The molecule has 0 spiro atoms. The molecule has 0 heterocycles. The van der Waals surface area contributed by atoms with Crippen molar-refractivity contribution in [3.63, 3.8) is 0 Å². The number of hydrogen-bond donors (Lipinski definition) is 0. The first-order valence-electron chi connectivity index (χ1n) is 2.65. The summed E-state index contributed by atoms with van der Waals surface area (Å²) in [6.07, 6.45) is 0. The second kappa shape index (κ2) is 11.3. The smallest absolute Gasteiger partial charge is 1.00 e. The summed E-state index contributed by atoms with van der Waals surface area (Å²) in [6.45, 7) is 0. The molecule has 0 radical (unpaired) electrons. The zero-order chi connectivity index (χ0) is 7.56. The van der Waals surface area contributed by atoms with Crippen LogP contribution in [0.5, 0.6) is 0 Å². The van der Waals surface area contributed by atoms with Crippen molar-refractivity contribution in [2.45, 2.75) is 4.90 Å². The van der Waals surface area contributed by atoms with E-state index in [0.29, 0.717) is 4.90 Å². The third-order valence-electron chi connectivity index (χ3n) is 1.05. The molecule has 1 aromatic carbocycles. The summed E-state index contributed by atoms with van der Waals surface area (Å²) < 4.78 is 20.7. The Morgan fingerprint density at radius 2 is 1.85 bits per heavy atom. The van der Waals surface area contributed by atoms with Crippen LogP contribution in [0, 0.1) is 0 Å². The first-order valence-corrected chi connectivity index (χ1v) is 4.30. The summed E-state index contributed by atoms with van der Waals surface area (Å²) in [5, 5.41) is 0.877. The Hall–Kier alpha value is 2.76. The van der Waals surface area contributed by atoms with E-state index in [-0.39, 0.29) is 93.0 Å². The van der Waals surface area contributed by atoms with Gasteiger partial charge in [0.1, 0.15) is 0 Å². The van der Waals surface area contributed by atoms with E-state index in [1.165, 1.54) is 0 Å². The predicted molar refractivity (Wildman–Crippen MR) is 46.3 cm³/mol.